The lowest BCUT2D eigenvalue weighted by molar-refractivity contribution is 0.350. The molecule has 1 N–H and O–H groups in total. The van der Waals surface area contributed by atoms with E-state index in [9.17, 15) is 0 Å². The Labute approximate surface area is 82.2 Å². The van der Waals surface area contributed by atoms with Gasteiger partial charge in [-0.05, 0) is 17.4 Å². The van der Waals surface area contributed by atoms with E-state index in [1.54, 1.807) is 6.20 Å². The summed E-state index contributed by atoms with van der Waals surface area (Å²) in [5.74, 6) is 5.35. The van der Waals surface area contributed by atoms with Gasteiger partial charge in [0.15, 0.2) is 0 Å². The maximum Gasteiger partial charge on any atom is 0.113 e. The molecule has 0 radical (unpaired) electrons. The van der Waals surface area contributed by atoms with E-state index in [1.165, 1.54) is 0 Å². The molecule has 1 heterocycles. The summed E-state index contributed by atoms with van der Waals surface area (Å²) in [4.78, 5) is 4.16. The number of aromatic nitrogens is 1. The number of hydrogen-bond acceptors (Lipinski definition) is 2. The lowest BCUT2D eigenvalue weighted by atomic mass is 10.1. The fourth-order valence-electron chi connectivity index (χ4n) is 1.28. The maximum absolute atomic E-state index is 8.54. The van der Waals surface area contributed by atoms with Gasteiger partial charge in [0.1, 0.15) is 12.3 Å². The highest BCUT2D eigenvalue weighted by Crippen LogP contribution is 2.12. The number of hydrogen-bond donors (Lipinski definition) is 1. The molecule has 1 aromatic carbocycles. The smallest absolute Gasteiger partial charge is 0.113 e. The normalized spacial score (nSPS) is 9.50. The van der Waals surface area contributed by atoms with Gasteiger partial charge in [0.05, 0.1) is 0 Å². The number of benzene rings is 1. The number of fused-ring (bicyclic) bond motifs is 1. The van der Waals surface area contributed by atoms with Gasteiger partial charge in [-0.2, -0.15) is 0 Å². The zero-order valence-electron chi connectivity index (χ0n) is 7.57. The number of aliphatic hydroxyl groups is 1. The molecule has 2 heteroatoms. The summed E-state index contributed by atoms with van der Waals surface area (Å²) >= 11 is 0. The first-order chi connectivity index (χ1) is 6.90. The van der Waals surface area contributed by atoms with Gasteiger partial charge in [-0.15, -0.1) is 0 Å². The predicted octanol–water partition coefficient (Wildman–Crippen LogP) is 1.58. The standard InChI is InChI=1S/C12H9NO/c14-7-3-6-12-8-10-4-1-2-5-11(10)9-13-12/h1-2,4-5,8-9,14H,7H2. The van der Waals surface area contributed by atoms with Gasteiger partial charge in [-0.25, -0.2) is 4.98 Å². The number of nitrogens with zero attached hydrogens (tertiary/aromatic N) is 1. The van der Waals surface area contributed by atoms with E-state index in [0.29, 0.717) is 5.69 Å². The summed E-state index contributed by atoms with van der Waals surface area (Å²) in [7, 11) is 0. The Bertz CT molecular complexity index is 508. The van der Waals surface area contributed by atoms with Crippen LogP contribution in [0.2, 0.25) is 0 Å². The van der Waals surface area contributed by atoms with Gasteiger partial charge in [0.2, 0.25) is 0 Å². The first kappa shape index (κ1) is 8.74. The largest absolute Gasteiger partial charge is 0.384 e. The number of aliphatic hydroxyl groups excluding tert-OH is 1. The molecule has 2 rings (SSSR count). The summed E-state index contributed by atoms with van der Waals surface area (Å²) in [5, 5.41) is 10.8. The molecule has 0 saturated carbocycles. The van der Waals surface area contributed by atoms with Crippen molar-refractivity contribution in [2.24, 2.45) is 0 Å². The molecule has 2 aromatic rings. The minimum atomic E-state index is -0.130. The van der Waals surface area contributed by atoms with Crippen molar-refractivity contribution in [2.75, 3.05) is 6.61 Å². The fourth-order valence-corrected chi connectivity index (χ4v) is 1.28. The van der Waals surface area contributed by atoms with Gasteiger partial charge in [0, 0.05) is 11.6 Å². The minimum absolute atomic E-state index is 0.130. The summed E-state index contributed by atoms with van der Waals surface area (Å²) < 4.78 is 0. The van der Waals surface area contributed by atoms with Crippen LogP contribution in [-0.2, 0) is 0 Å². The molecule has 0 aliphatic carbocycles. The number of rotatable bonds is 0. The molecule has 0 saturated heterocycles. The van der Waals surface area contributed by atoms with Crippen molar-refractivity contribution in [1.29, 1.82) is 0 Å². The van der Waals surface area contributed by atoms with Crippen LogP contribution < -0.4 is 0 Å². The van der Waals surface area contributed by atoms with E-state index in [1.807, 2.05) is 30.3 Å². The summed E-state index contributed by atoms with van der Waals surface area (Å²) in [6, 6.07) is 9.89. The summed E-state index contributed by atoms with van der Waals surface area (Å²) in [6.45, 7) is -0.130. The third-order valence-corrected chi connectivity index (χ3v) is 1.93. The van der Waals surface area contributed by atoms with Crippen LogP contribution in [-0.4, -0.2) is 16.7 Å². The van der Waals surface area contributed by atoms with Crippen molar-refractivity contribution in [3.8, 4) is 11.8 Å². The van der Waals surface area contributed by atoms with Crippen LogP contribution in [0.5, 0.6) is 0 Å². The average Bonchev–Trinajstić information content (AvgIpc) is 2.26. The second-order valence-corrected chi connectivity index (χ2v) is 2.88. The molecule has 0 atom stereocenters. The van der Waals surface area contributed by atoms with Gasteiger partial charge in [0.25, 0.3) is 0 Å². The topological polar surface area (TPSA) is 33.1 Å². The third kappa shape index (κ3) is 1.73. The maximum atomic E-state index is 8.54. The second kappa shape index (κ2) is 3.91. The molecular formula is C12H9NO. The Morgan fingerprint density at radius 2 is 2.00 bits per heavy atom. The third-order valence-electron chi connectivity index (χ3n) is 1.93. The molecule has 0 unspecified atom stereocenters. The highest BCUT2D eigenvalue weighted by Gasteiger charge is 1.93. The van der Waals surface area contributed by atoms with Crippen LogP contribution in [0, 0.1) is 11.8 Å². The van der Waals surface area contributed by atoms with Crippen molar-refractivity contribution in [3.05, 3.63) is 42.2 Å². The first-order valence-electron chi connectivity index (χ1n) is 4.34. The van der Waals surface area contributed by atoms with Crippen molar-refractivity contribution in [2.45, 2.75) is 0 Å². The van der Waals surface area contributed by atoms with Gasteiger partial charge >= 0.3 is 0 Å². The Morgan fingerprint density at radius 1 is 1.21 bits per heavy atom. The van der Waals surface area contributed by atoms with E-state index in [0.717, 1.165) is 10.8 Å². The highest BCUT2D eigenvalue weighted by molar-refractivity contribution is 5.82. The van der Waals surface area contributed by atoms with Crippen LogP contribution in [0.3, 0.4) is 0 Å². The van der Waals surface area contributed by atoms with E-state index in [-0.39, 0.29) is 6.61 Å². The molecule has 0 aliphatic rings. The van der Waals surface area contributed by atoms with E-state index >= 15 is 0 Å². The first-order valence-corrected chi connectivity index (χ1v) is 4.34. The second-order valence-electron chi connectivity index (χ2n) is 2.88. The lowest BCUT2D eigenvalue weighted by Crippen LogP contribution is -1.83. The van der Waals surface area contributed by atoms with Gasteiger partial charge in [-0.3, -0.25) is 0 Å². The molecule has 0 bridgehead atoms. The zero-order valence-corrected chi connectivity index (χ0v) is 7.57. The predicted molar refractivity (Wildman–Crippen MR) is 55.7 cm³/mol. The molecular weight excluding hydrogens is 174 g/mol. The Hall–Kier alpha value is -1.85. The van der Waals surface area contributed by atoms with Crippen molar-refractivity contribution >= 4 is 10.8 Å². The van der Waals surface area contributed by atoms with E-state index in [4.69, 9.17) is 5.11 Å². The van der Waals surface area contributed by atoms with Crippen molar-refractivity contribution in [3.63, 3.8) is 0 Å². The van der Waals surface area contributed by atoms with Gasteiger partial charge in [-0.1, -0.05) is 30.2 Å². The zero-order chi connectivity index (χ0) is 9.80. The molecule has 14 heavy (non-hydrogen) atoms. The van der Waals surface area contributed by atoms with Crippen LogP contribution >= 0.6 is 0 Å². The molecule has 1 aromatic heterocycles. The summed E-state index contributed by atoms with van der Waals surface area (Å²) in [6.07, 6.45) is 1.79. The Kier molecular flexibility index (Phi) is 2.44. The van der Waals surface area contributed by atoms with Gasteiger partial charge < -0.3 is 5.11 Å². The quantitative estimate of drug-likeness (QED) is 0.629. The fraction of sp³-hybridized carbons (Fsp3) is 0.0833. The SMILES string of the molecule is OCC#Cc1cc2ccccc2cn1. The van der Waals surface area contributed by atoms with Crippen LogP contribution in [0.1, 0.15) is 5.69 Å². The van der Waals surface area contributed by atoms with E-state index < -0.39 is 0 Å². The summed E-state index contributed by atoms with van der Waals surface area (Å²) in [5.41, 5.74) is 0.692. The monoisotopic (exact) mass is 183 g/mol. The minimum Gasteiger partial charge on any atom is -0.384 e. The molecule has 68 valence electrons. The van der Waals surface area contributed by atoms with E-state index in [2.05, 4.69) is 16.8 Å². The molecule has 2 nitrogen and oxygen atoms in total. The number of pyridine rings is 1. The molecule has 0 fully saturated rings. The molecule has 0 aliphatic heterocycles. The lowest BCUT2D eigenvalue weighted by Gasteiger charge is -1.96. The highest BCUT2D eigenvalue weighted by atomic mass is 16.2. The Morgan fingerprint density at radius 3 is 2.79 bits per heavy atom. The van der Waals surface area contributed by atoms with Crippen LogP contribution in [0.4, 0.5) is 0 Å². The molecule has 0 spiro atoms. The van der Waals surface area contributed by atoms with Crippen molar-refractivity contribution < 1.29 is 5.11 Å². The molecule has 0 amide bonds. The van der Waals surface area contributed by atoms with Crippen LogP contribution in [0.15, 0.2) is 36.5 Å². The van der Waals surface area contributed by atoms with Crippen molar-refractivity contribution in [1.82, 2.24) is 4.98 Å². The van der Waals surface area contributed by atoms with Crippen LogP contribution in [0.25, 0.3) is 10.8 Å². The Balaban J connectivity index is 2.51. The average molecular weight is 183 g/mol.